The van der Waals surface area contributed by atoms with Crippen molar-refractivity contribution in [3.63, 3.8) is 0 Å². The molecule has 0 saturated heterocycles. The smallest absolute Gasteiger partial charge is 0.333 e. The summed E-state index contributed by atoms with van der Waals surface area (Å²) in [6.07, 6.45) is 0.210. The zero-order chi connectivity index (χ0) is 22.1. The van der Waals surface area contributed by atoms with Crippen LogP contribution < -0.4 is 9.47 Å². The van der Waals surface area contributed by atoms with Crippen molar-refractivity contribution in [2.24, 2.45) is 0 Å². The summed E-state index contributed by atoms with van der Waals surface area (Å²) in [6.45, 7) is 1.07. The van der Waals surface area contributed by atoms with Crippen molar-refractivity contribution in [3.8, 4) is 22.6 Å². The van der Waals surface area contributed by atoms with Gasteiger partial charge in [-0.05, 0) is 53.1 Å². The lowest BCUT2D eigenvalue weighted by Crippen LogP contribution is -2.24. The van der Waals surface area contributed by atoms with Gasteiger partial charge in [-0.3, -0.25) is 0 Å². The Hall–Kier alpha value is -3.02. The predicted molar refractivity (Wildman–Crippen MR) is 121 cm³/mol. The molecule has 0 bridgehead atoms. The third-order valence-electron chi connectivity index (χ3n) is 4.74. The first-order valence-corrected chi connectivity index (χ1v) is 10.4. The Labute approximate surface area is 187 Å². The van der Waals surface area contributed by atoms with E-state index in [0.29, 0.717) is 24.7 Å². The van der Waals surface area contributed by atoms with E-state index < -0.39 is 12.1 Å². The number of aliphatic carboxylic acids is 1. The Kier molecular flexibility index (Phi) is 8.33. The molecule has 5 nitrogen and oxygen atoms in total. The molecule has 0 amide bonds. The second-order valence-corrected chi connectivity index (χ2v) is 7.43. The lowest BCUT2D eigenvalue weighted by molar-refractivity contribution is -0.148. The normalized spacial score (nSPS) is 11.7. The second-order valence-electron chi connectivity index (χ2n) is 7.00. The SMILES string of the molecule is CO[C@@H](Cc1ccc(OCCCOc2ccc(-c3cccc(Cl)c3)cc2)cc1)C(=O)O. The number of hydrogen-bond acceptors (Lipinski definition) is 4. The summed E-state index contributed by atoms with van der Waals surface area (Å²) in [5, 5.41) is 9.76. The van der Waals surface area contributed by atoms with Gasteiger partial charge in [-0.15, -0.1) is 0 Å². The highest BCUT2D eigenvalue weighted by molar-refractivity contribution is 6.30. The Morgan fingerprint density at radius 1 is 0.903 bits per heavy atom. The monoisotopic (exact) mass is 440 g/mol. The zero-order valence-electron chi connectivity index (χ0n) is 17.3. The number of carboxylic acid groups (broad SMARTS) is 1. The maximum absolute atomic E-state index is 11.0. The summed E-state index contributed by atoms with van der Waals surface area (Å²) >= 11 is 6.05. The molecular formula is C25H25ClO5. The van der Waals surface area contributed by atoms with E-state index in [2.05, 4.69) is 0 Å². The van der Waals surface area contributed by atoms with Crippen LogP contribution >= 0.6 is 11.6 Å². The van der Waals surface area contributed by atoms with Crippen LogP contribution in [0.4, 0.5) is 0 Å². The average molecular weight is 441 g/mol. The van der Waals surface area contributed by atoms with Gasteiger partial charge in [0.15, 0.2) is 6.10 Å². The van der Waals surface area contributed by atoms with Crippen molar-refractivity contribution in [2.75, 3.05) is 20.3 Å². The fourth-order valence-corrected chi connectivity index (χ4v) is 3.25. The Bertz CT molecular complexity index is 970. The van der Waals surface area contributed by atoms with Gasteiger partial charge in [0.25, 0.3) is 0 Å². The van der Waals surface area contributed by atoms with Gasteiger partial charge in [-0.25, -0.2) is 4.79 Å². The number of carboxylic acids is 1. The summed E-state index contributed by atoms with van der Waals surface area (Å²) in [5.74, 6) is 0.571. The molecule has 0 spiro atoms. The summed E-state index contributed by atoms with van der Waals surface area (Å²) in [6, 6.07) is 23.0. The van der Waals surface area contributed by atoms with Gasteiger partial charge >= 0.3 is 5.97 Å². The van der Waals surface area contributed by atoms with Crippen LogP contribution in [0.5, 0.6) is 11.5 Å². The molecule has 0 saturated carbocycles. The number of carbonyl (C=O) groups is 1. The lowest BCUT2D eigenvalue weighted by atomic mass is 10.1. The molecule has 0 unspecified atom stereocenters. The van der Waals surface area contributed by atoms with E-state index in [4.69, 9.17) is 30.9 Å². The van der Waals surface area contributed by atoms with Crippen molar-refractivity contribution in [1.29, 1.82) is 0 Å². The molecule has 6 heteroatoms. The number of halogens is 1. The molecular weight excluding hydrogens is 416 g/mol. The average Bonchev–Trinajstić information content (AvgIpc) is 2.78. The van der Waals surface area contributed by atoms with Gasteiger partial charge in [0.2, 0.25) is 0 Å². The first kappa shape index (κ1) is 22.7. The van der Waals surface area contributed by atoms with E-state index in [1.165, 1.54) is 7.11 Å². The van der Waals surface area contributed by atoms with Crippen LogP contribution in [0.15, 0.2) is 72.8 Å². The van der Waals surface area contributed by atoms with Gasteiger partial charge in [0.1, 0.15) is 11.5 Å². The number of benzene rings is 3. The van der Waals surface area contributed by atoms with Crippen molar-refractivity contribution in [1.82, 2.24) is 0 Å². The van der Waals surface area contributed by atoms with Crippen LogP contribution in [0, 0.1) is 0 Å². The van der Waals surface area contributed by atoms with Gasteiger partial charge < -0.3 is 19.3 Å². The molecule has 0 radical (unpaired) electrons. The molecule has 0 aromatic heterocycles. The quantitative estimate of drug-likeness (QED) is 0.399. The first-order valence-electron chi connectivity index (χ1n) is 10.0. The minimum absolute atomic E-state index is 0.316. The molecule has 3 aromatic rings. The van der Waals surface area contributed by atoms with Crippen LogP contribution in [0.25, 0.3) is 11.1 Å². The van der Waals surface area contributed by atoms with Gasteiger partial charge in [-0.1, -0.05) is 48.0 Å². The highest BCUT2D eigenvalue weighted by Crippen LogP contribution is 2.25. The molecule has 0 fully saturated rings. The predicted octanol–water partition coefficient (Wildman–Crippen LogP) is 5.50. The molecule has 1 N–H and O–H groups in total. The van der Waals surface area contributed by atoms with E-state index in [9.17, 15) is 4.79 Å². The topological polar surface area (TPSA) is 65.0 Å². The summed E-state index contributed by atoms with van der Waals surface area (Å²) in [4.78, 5) is 11.0. The van der Waals surface area contributed by atoms with Gasteiger partial charge in [-0.2, -0.15) is 0 Å². The van der Waals surface area contributed by atoms with Crippen molar-refractivity contribution >= 4 is 17.6 Å². The standard InChI is InChI=1S/C25H25ClO5/c1-29-24(25(27)28)16-18-6-10-22(11-7-18)30-14-3-15-31-23-12-8-19(9-13-23)20-4-2-5-21(26)17-20/h2,4-13,17,24H,3,14-16H2,1H3,(H,27,28)/t24-/m0/s1. The maximum atomic E-state index is 11.0. The van der Waals surface area contributed by atoms with E-state index >= 15 is 0 Å². The highest BCUT2D eigenvalue weighted by atomic mass is 35.5. The molecule has 0 aliphatic rings. The van der Waals surface area contributed by atoms with Crippen LogP contribution in [0.1, 0.15) is 12.0 Å². The Morgan fingerprint density at radius 3 is 2.06 bits per heavy atom. The second kappa shape index (κ2) is 11.4. The molecule has 3 rings (SSSR count). The van der Waals surface area contributed by atoms with Crippen LogP contribution in [0.3, 0.4) is 0 Å². The lowest BCUT2D eigenvalue weighted by Gasteiger charge is -2.11. The zero-order valence-corrected chi connectivity index (χ0v) is 18.0. The number of ether oxygens (including phenoxy) is 3. The first-order chi connectivity index (χ1) is 15.0. The third-order valence-corrected chi connectivity index (χ3v) is 4.98. The van der Waals surface area contributed by atoms with E-state index in [1.54, 1.807) is 0 Å². The van der Waals surface area contributed by atoms with Gasteiger partial charge in [0.05, 0.1) is 13.2 Å². The van der Waals surface area contributed by atoms with Crippen molar-refractivity contribution < 1.29 is 24.1 Å². The largest absolute Gasteiger partial charge is 0.493 e. The number of rotatable bonds is 11. The maximum Gasteiger partial charge on any atom is 0.333 e. The summed E-state index contributed by atoms with van der Waals surface area (Å²) < 4.78 is 16.5. The highest BCUT2D eigenvalue weighted by Gasteiger charge is 2.16. The van der Waals surface area contributed by atoms with Gasteiger partial charge in [0, 0.05) is 25.0 Å². The van der Waals surface area contributed by atoms with E-state index in [0.717, 1.165) is 34.6 Å². The van der Waals surface area contributed by atoms with Crippen LogP contribution in [-0.2, 0) is 16.0 Å². The van der Waals surface area contributed by atoms with Crippen LogP contribution in [0.2, 0.25) is 5.02 Å². The van der Waals surface area contributed by atoms with Crippen LogP contribution in [-0.4, -0.2) is 37.5 Å². The minimum Gasteiger partial charge on any atom is -0.493 e. The fourth-order valence-electron chi connectivity index (χ4n) is 3.06. The molecule has 162 valence electrons. The molecule has 0 heterocycles. The Balaban J connectivity index is 1.39. The molecule has 31 heavy (non-hydrogen) atoms. The van der Waals surface area contributed by atoms with E-state index in [1.807, 2.05) is 72.8 Å². The minimum atomic E-state index is -0.970. The van der Waals surface area contributed by atoms with E-state index in [-0.39, 0.29) is 0 Å². The van der Waals surface area contributed by atoms with Crippen molar-refractivity contribution in [2.45, 2.75) is 18.9 Å². The molecule has 3 aromatic carbocycles. The number of methoxy groups -OCH3 is 1. The molecule has 1 atom stereocenters. The Morgan fingerprint density at radius 2 is 1.52 bits per heavy atom. The molecule has 0 aliphatic heterocycles. The van der Waals surface area contributed by atoms with Crippen molar-refractivity contribution in [3.05, 3.63) is 83.4 Å². The number of hydrogen-bond donors (Lipinski definition) is 1. The fraction of sp³-hybridized carbons (Fsp3) is 0.240. The third kappa shape index (κ3) is 7.02. The summed E-state index contributed by atoms with van der Waals surface area (Å²) in [5.41, 5.74) is 3.03. The summed E-state index contributed by atoms with van der Waals surface area (Å²) in [7, 11) is 1.39. The molecule has 0 aliphatic carbocycles.